The summed E-state index contributed by atoms with van der Waals surface area (Å²) in [6.45, 7) is 5.29. The fraction of sp³-hybridized carbons (Fsp3) is 0.467. The van der Waals surface area contributed by atoms with Crippen LogP contribution in [-0.4, -0.2) is 46.3 Å². The van der Waals surface area contributed by atoms with Gasteiger partial charge in [-0.25, -0.2) is 9.97 Å². The highest BCUT2D eigenvalue weighted by atomic mass is 32.1. The molecule has 3 heterocycles. The lowest BCUT2D eigenvalue weighted by Gasteiger charge is -2.25. The third-order valence-electron chi connectivity index (χ3n) is 3.78. The summed E-state index contributed by atoms with van der Waals surface area (Å²) in [6, 6.07) is 0. The van der Waals surface area contributed by atoms with Gasteiger partial charge in [0.05, 0.1) is 16.9 Å². The van der Waals surface area contributed by atoms with Gasteiger partial charge in [0.1, 0.15) is 16.9 Å². The largest absolute Gasteiger partial charge is 0.477 e. The smallest absolute Gasteiger partial charge is 0.264 e. The number of Topliss-reactive ketones (excluding diaryl/α,β-unsaturated/α-hetero) is 1. The lowest BCUT2D eigenvalue weighted by Crippen LogP contribution is -2.38. The molecule has 1 aliphatic rings. The minimum absolute atomic E-state index is 0.0320. The second-order valence-corrected chi connectivity index (χ2v) is 6.18. The Balaban J connectivity index is 1.97. The number of thiophene rings is 1. The Morgan fingerprint density at radius 1 is 1.36 bits per heavy atom. The monoisotopic (exact) mass is 319 g/mol. The number of fused-ring (bicyclic) bond motifs is 1. The molecule has 0 aromatic carbocycles. The molecule has 0 spiro atoms. The zero-order valence-corrected chi connectivity index (χ0v) is 13.4. The predicted molar refractivity (Wildman–Crippen MR) is 83.5 cm³/mol. The van der Waals surface area contributed by atoms with Crippen molar-refractivity contribution in [2.45, 2.75) is 26.7 Å². The van der Waals surface area contributed by atoms with E-state index in [9.17, 15) is 9.59 Å². The number of piperidine rings is 1. The number of hydrogen-bond acceptors (Lipinski definition) is 6. The minimum Gasteiger partial charge on any atom is -0.477 e. The third kappa shape index (κ3) is 2.56. The number of aromatic nitrogens is 2. The summed E-state index contributed by atoms with van der Waals surface area (Å²) in [5.41, 5.74) is 0.853. The van der Waals surface area contributed by atoms with Crippen LogP contribution in [-0.2, 0) is 4.79 Å². The van der Waals surface area contributed by atoms with Crippen molar-refractivity contribution < 1.29 is 14.3 Å². The first-order valence-electron chi connectivity index (χ1n) is 7.29. The minimum atomic E-state index is -0.0320. The molecule has 22 heavy (non-hydrogen) atoms. The van der Waals surface area contributed by atoms with E-state index in [1.54, 1.807) is 4.90 Å². The van der Waals surface area contributed by atoms with Crippen molar-refractivity contribution in [1.82, 2.24) is 14.9 Å². The summed E-state index contributed by atoms with van der Waals surface area (Å²) in [4.78, 5) is 35.6. The van der Waals surface area contributed by atoms with Crippen LogP contribution in [0.15, 0.2) is 6.33 Å². The molecule has 0 aliphatic carbocycles. The number of ketones is 1. The second-order valence-electron chi connectivity index (χ2n) is 5.18. The fourth-order valence-electron chi connectivity index (χ4n) is 2.59. The van der Waals surface area contributed by atoms with Crippen molar-refractivity contribution in [3.8, 4) is 5.88 Å². The van der Waals surface area contributed by atoms with Gasteiger partial charge in [0.15, 0.2) is 0 Å². The van der Waals surface area contributed by atoms with E-state index < -0.39 is 0 Å². The van der Waals surface area contributed by atoms with Crippen LogP contribution in [0.5, 0.6) is 5.88 Å². The van der Waals surface area contributed by atoms with E-state index in [-0.39, 0.29) is 11.7 Å². The van der Waals surface area contributed by atoms with Crippen LogP contribution >= 0.6 is 11.3 Å². The van der Waals surface area contributed by atoms with Gasteiger partial charge in [-0.2, -0.15) is 0 Å². The fourth-order valence-corrected chi connectivity index (χ4v) is 3.70. The number of rotatable bonds is 3. The molecule has 0 radical (unpaired) electrons. The maximum Gasteiger partial charge on any atom is 0.264 e. The van der Waals surface area contributed by atoms with E-state index in [1.807, 2.05) is 13.8 Å². The van der Waals surface area contributed by atoms with E-state index in [0.29, 0.717) is 43.3 Å². The number of carbonyl (C=O) groups is 2. The summed E-state index contributed by atoms with van der Waals surface area (Å²) in [7, 11) is 0. The van der Waals surface area contributed by atoms with Crippen LogP contribution < -0.4 is 4.74 Å². The van der Waals surface area contributed by atoms with Gasteiger partial charge in [-0.1, -0.05) is 0 Å². The SMILES string of the molecule is CCOc1ncnc2sc(C(=O)N3CCC(=O)CC3)c(C)c12. The zero-order chi connectivity index (χ0) is 15.7. The van der Waals surface area contributed by atoms with Gasteiger partial charge in [-0.15, -0.1) is 11.3 Å². The van der Waals surface area contributed by atoms with Crippen LogP contribution in [0.2, 0.25) is 0 Å². The van der Waals surface area contributed by atoms with Gasteiger partial charge in [-0.3, -0.25) is 9.59 Å². The standard InChI is InChI=1S/C15H17N3O3S/c1-3-21-13-11-9(2)12(22-14(11)17-8-16-13)15(20)18-6-4-10(19)5-7-18/h8H,3-7H2,1-2H3. The highest BCUT2D eigenvalue weighted by molar-refractivity contribution is 7.20. The Bertz CT molecular complexity index is 731. The molecule has 1 saturated heterocycles. The molecular formula is C15H17N3O3S. The quantitative estimate of drug-likeness (QED) is 0.867. The van der Waals surface area contributed by atoms with Gasteiger partial charge in [0.2, 0.25) is 5.88 Å². The molecule has 6 nitrogen and oxygen atoms in total. The molecule has 0 unspecified atom stereocenters. The van der Waals surface area contributed by atoms with Crippen LogP contribution in [0.4, 0.5) is 0 Å². The predicted octanol–water partition coefficient (Wildman–Crippen LogP) is 2.20. The summed E-state index contributed by atoms with van der Waals surface area (Å²) >= 11 is 1.36. The van der Waals surface area contributed by atoms with E-state index in [4.69, 9.17) is 4.74 Å². The molecule has 3 rings (SSSR count). The normalized spacial score (nSPS) is 15.4. The molecule has 0 atom stereocenters. The number of ether oxygens (including phenoxy) is 1. The first-order chi connectivity index (χ1) is 10.6. The Hall–Kier alpha value is -2.02. The summed E-state index contributed by atoms with van der Waals surface area (Å²) < 4.78 is 5.54. The average Bonchev–Trinajstić information content (AvgIpc) is 2.86. The molecule has 1 amide bonds. The van der Waals surface area contributed by atoms with E-state index in [0.717, 1.165) is 15.8 Å². The first kappa shape index (κ1) is 14.9. The van der Waals surface area contributed by atoms with E-state index in [1.165, 1.54) is 17.7 Å². The molecule has 7 heteroatoms. The van der Waals surface area contributed by atoms with Crippen molar-refractivity contribution in [3.05, 3.63) is 16.8 Å². The molecule has 1 aliphatic heterocycles. The molecule has 0 N–H and O–H groups in total. The molecule has 0 bridgehead atoms. The number of carbonyl (C=O) groups excluding carboxylic acids is 2. The van der Waals surface area contributed by atoms with Crippen molar-refractivity contribution in [1.29, 1.82) is 0 Å². The number of nitrogens with zero attached hydrogens (tertiary/aromatic N) is 3. The number of likely N-dealkylation sites (tertiary alicyclic amines) is 1. The van der Waals surface area contributed by atoms with Crippen LogP contribution in [0.1, 0.15) is 35.0 Å². The summed E-state index contributed by atoms with van der Waals surface area (Å²) in [5, 5.41) is 0.811. The Morgan fingerprint density at radius 2 is 2.09 bits per heavy atom. The Morgan fingerprint density at radius 3 is 2.77 bits per heavy atom. The molecule has 1 fully saturated rings. The van der Waals surface area contributed by atoms with Gasteiger partial charge in [0, 0.05) is 25.9 Å². The first-order valence-corrected chi connectivity index (χ1v) is 8.11. The van der Waals surface area contributed by atoms with Crippen LogP contribution in [0, 0.1) is 6.92 Å². The van der Waals surface area contributed by atoms with Gasteiger partial charge < -0.3 is 9.64 Å². The molecule has 0 saturated carbocycles. The maximum atomic E-state index is 12.7. The molecule has 116 valence electrons. The highest BCUT2D eigenvalue weighted by Crippen LogP contribution is 2.35. The van der Waals surface area contributed by atoms with Crippen molar-refractivity contribution >= 4 is 33.2 Å². The van der Waals surface area contributed by atoms with Crippen LogP contribution in [0.25, 0.3) is 10.2 Å². The zero-order valence-electron chi connectivity index (χ0n) is 12.6. The second kappa shape index (κ2) is 6.00. The van der Waals surface area contributed by atoms with Gasteiger partial charge in [0.25, 0.3) is 5.91 Å². The maximum absolute atomic E-state index is 12.7. The third-order valence-corrected chi connectivity index (χ3v) is 4.96. The topological polar surface area (TPSA) is 72.4 Å². The number of amides is 1. The van der Waals surface area contributed by atoms with E-state index >= 15 is 0 Å². The van der Waals surface area contributed by atoms with Crippen molar-refractivity contribution in [2.24, 2.45) is 0 Å². The number of aryl methyl sites for hydroxylation is 1. The summed E-state index contributed by atoms with van der Waals surface area (Å²) in [6.07, 6.45) is 2.34. The highest BCUT2D eigenvalue weighted by Gasteiger charge is 2.26. The average molecular weight is 319 g/mol. The van der Waals surface area contributed by atoms with Gasteiger partial charge in [-0.05, 0) is 19.4 Å². The van der Waals surface area contributed by atoms with Crippen LogP contribution in [0.3, 0.4) is 0 Å². The lowest BCUT2D eigenvalue weighted by atomic mass is 10.1. The van der Waals surface area contributed by atoms with Crippen molar-refractivity contribution in [3.63, 3.8) is 0 Å². The molecular weight excluding hydrogens is 302 g/mol. The molecule has 2 aromatic rings. The molecule has 2 aromatic heterocycles. The van der Waals surface area contributed by atoms with Crippen molar-refractivity contribution in [2.75, 3.05) is 19.7 Å². The Labute approximate surface area is 132 Å². The summed E-state index contributed by atoms with van der Waals surface area (Å²) in [5.74, 6) is 0.714. The Kier molecular flexibility index (Phi) is 4.06. The number of hydrogen-bond donors (Lipinski definition) is 0. The van der Waals surface area contributed by atoms with E-state index in [2.05, 4.69) is 9.97 Å². The lowest BCUT2D eigenvalue weighted by molar-refractivity contribution is -0.120. The van der Waals surface area contributed by atoms with Gasteiger partial charge >= 0.3 is 0 Å².